The molecule has 0 radical (unpaired) electrons. The number of hydrogen-bond acceptors (Lipinski definition) is 2. The van der Waals surface area contributed by atoms with Crippen molar-refractivity contribution in [1.82, 2.24) is 4.98 Å². The van der Waals surface area contributed by atoms with E-state index in [-0.39, 0.29) is 5.60 Å². The molecular weight excluding hydrogens is 198 g/mol. The molecule has 0 saturated carbocycles. The van der Waals surface area contributed by atoms with Crippen LogP contribution < -0.4 is 0 Å². The van der Waals surface area contributed by atoms with E-state index in [2.05, 4.69) is 45.7 Å². The van der Waals surface area contributed by atoms with Gasteiger partial charge in [0, 0.05) is 17.8 Å². The molecule has 1 atom stereocenters. The van der Waals surface area contributed by atoms with Crippen LogP contribution in [0.3, 0.4) is 0 Å². The standard InChI is InChI=1S/C14H23NO/c1-11(2)12(10-16-14(3,4)5)13-8-6-7-9-15-13/h6-9,11-12H,10H2,1-5H3. The van der Waals surface area contributed by atoms with Gasteiger partial charge in [0.05, 0.1) is 12.2 Å². The lowest BCUT2D eigenvalue weighted by Crippen LogP contribution is -2.25. The molecule has 1 rings (SSSR count). The zero-order valence-electron chi connectivity index (χ0n) is 11.0. The lowest BCUT2D eigenvalue weighted by atomic mass is 9.92. The van der Waals surface area contributed by atoms with Crippen molar-refractivity contribution in [2.75, 3.05) is 6.61 Å². The van der Waals surface area contributed by atoms with Crippen molar-refractivity contribution in [2.45, 2.75) is 46.1 Å². The zero-order chi connectivity index (χ0) is 12.2. The van der Waals surface area contributed by atoms with Gasteiger partial charge in [0.2, 0.25) is 0 Å². The second kappa shape index (κ2) is 5.44. The van der Waals surface area contributed by atoms with Crippen LogP contribution in [-0.4, -0.2) is 17.2 Å². The maximum absolute atomic E-state index is 5.87. The first-order valence-electron chi connectivity index (χ1n) is 5.95. The highest BCUT2D eigenvalue weighted by atomic mass is 16.5. The molecule has 0 aliphatic heterocycles. The van der Waals surface area contributed by atoms with Crippen molar-refractivity contribution in [3.63, 3.8) is 0 Å². The molecule has 1 aromatic rings. The molecule has 0 aliphatic rings. The van der Waals surface area contributed by atoms with Gasteiger partial charge in [-0.05, 0) is 38.8 Å². The van der Waals surface area contributed by atoms with Crippen molar-refractivity contribution in [3.8, 4) is 0 Å². The van der Waals surface area contributed by atoms with Crippen LogP contribution in [0.4, 0.5) is 0 Å². The average Bonchev–Trinajstić information content (AvgIpc) is 2.17. The van der Waals surface area contributed by atoms with Crippen molar-refractivity contribution in [1.29, 1.82) is 0 Å². The maximum atomic E-state index is 5.87. The molecule has 16 heavy (non-hydrogen) atoms. The highest BCUT2D eigenvalue weighted by Crippen LogP contribution is 2.24. The largest absolute Gasteiger partial charge is 0.375 e. The van der Waals surface area contributed by atoms with Gasteiger partial charge in [-0.15, -0.1) is 0 Å². The third-order valence-corrected chi connectivity index (χ3v) is 2.57. The highest BCUT2D eigenvalue weighted by Gasteiger charge is 2.20. The van der Waals surface area contributed by atoms with E-state index in [4.69, 9.17) is 4.74 Å². The van der Waals surface area contributed by atoms with Gasteiger partial charge in [0.1, 0.15) is 0 Å². The molecule has 0 fully saturated rings. The number of pyridine rings is 1. The minimum absolute atomic E-state index is 0.0814. The van der Waals surface area contributed by atoms with Gasteiger partial charge in [-0.25, -0.2) is 0 Å². The molecule has 0 amide bonds. The zero-order valence-corrected chi connectivity index (χ0v) is 11.0. The van der Waals surface area contributed by atoms with Crippen molar-refractivity contribution in [3.05, 3.63) is 30.1 Å². The van der Waals surface area contributed by atoms with Crippen molar-refractivity contribution >= 4 is 0 Å². The summed E-state index contributed by atoms with van der Waals surface area (Å²) in [5, 5.41) is 0. The van der Waals surface area contributed by atoms with Crippen molar-refractivity contribution in [2.24, 2.45) is 5.92 Å². The molecule has 0 aliphatic carbocycles. The van der Waals surface area contributed by atoms with Crippen LogP contribution >= 0.6 is 0 Å². The summed E-state index contributed by atoms with van der Waals surface area (Å²) in [4.78, 5) is 4.42. The van der Waals surface area contributed by atoms with Crippen LogP contribution in [0, 0.1) is 5.92 Å². The first kappa shape index (κ1) is 13.2. The Balaban J connectivity index is 2.70. The van der Waals surface area contributed by atoms with E-state index in [1.54, 1.807) is 0 Å². The predicted molar refractivity (Wildman–Crippen MR) is 67.5 cm³/mol. The molecule has 0 spiro atoms. The van der Waals surface area contributed by atoms with Crippen LogP contribution in [-0.2, 0) is 4.74 Å². The van der Waals surface area contributed by atoms with E-state index in [9.17, 15) is 0 Å². The number of nitrogens with zero attached hydrogens (tertiary/aromatic N) is 1. The van der Waals surface area contributed by atoms with Gasteiger partial charge >= 0.3 is 0 Å². The minimum Gasteiger partial charge on any atom is -0.375 e. The summed E-state index contributed by atoms with van der Waals surface area (Å²) in [6, 6.07) is 6.07. The van der Waals surface area contributed by atoms with Gasteiger partial charge in [0.15, 0.2) is 0 Å². The molecule has 90 valence electrons. The molecular formula is C14H23NO. The van der Waals surface area contributed by atoms with Crippen LogP contribution in [0.2, 0.25) is 0 Å². The Kier molecular flexibility index (Phi) is 4.48. The van der Waals surface area contributed by atoms with Gasteiger partial charge in [-0.1, -0.05) is 19.9 Å². The Bertz CT molecular complexity index is 300. The van der Waals surface area contributed by atoms with E-state index >= 15 is 0 Å². The number of rotatable bonds is 4. The van der Waals surface area contributed by atoms with E-state index in [1.807, 2.05) is 18.3 Å². The fraction of sp³-hybridized carbons (Fsp3) is 0.643. The average molecular weight is 221 g/mol. The summed E-state index contributed by atoms with van der Waals surface area (Å²) in [7, 11) is 0. The van der Waals surface area contributed by atoms with Crippen LogP contribution in [0.1, 0.15) is 46.2 Å². The molecule has 0 bridgehead atoms. The SMILES string of the molecule is CC(C)C(COC(C)(C)C)c1ccccn1. The van der Waals surface area contributed by atoms with Crippen LogP contribution in [0.5, 0.6) is 0 Å². The second-order valence-electron chi connectivity index (χ2n) is 5.53. The van der Waals surface area contributed by atoms with Gasteiger partial charge in [-0.3, -0.25) is 4.98 Å². The van der Waals surface area contributed by atoms with Gasteiger partial charge in [0.25, 0.3) is 0 Å². The second-order valence-corrected chi connectivity index (χ2v) is 5.53. The Morgan fingerprint density at radius 2 is 1.94 bits per heavy atom. The Hall–Kier alpha value is -0.890. The molecule has 1 heterocycles. The monoisotopic (exact) mass is 221 g/mol. The molecule has 0 N–H and O–H groups in total. The summed E-state index contributed by atoms with van der Waals surface area (Å²) >= 11 is 0. The predicted octanol–water partition coefficient (Wildman–Crippen LogP) is 3.64. The van der Waals surface area contributed by atoms with Crippen LogP contribution in [0.15, 0.2) is 24.4 Å². The first-order valence-corrected chi connectivity index (χ1v) is 5.95. The third-order valence-electron chi connectivity index (χ3n) is 2.57. The molecule has 1 unspecified atom stereocenters. The Morgan fingerprint density at radius 1 is 1.25 bits per heavy atom. The summed E-state index contributed by atoms with van der Waals surface area (Å²) in [6.45, 7) is 11.4. The summed E-state index contributed by atoms with van der Waals surface area (Å²) in [5.41, 5.74) is 1.05. The lowest BCUT2D eigenvalue weighted by molar-refractivity contribution is -0.0165. The summed E-state index contributed by atoms with van der Waals surface area (Å²) < 4.78 is 5.87. The quantitative estimate of drug-likeness (QED) is 0.774. The Labute approximate surface area is 99.0 Å². The third kappa shape index (κ3) is 4.31. The Morgan fingerprint density at radius 3 is 2.38 bits per heavy atom. The summed E-state index contributed by atoms with van der Waals surface area (Å²) in [6.07, 6.45) is 1.85. The molecule has 0 saturated heterocycles. The van der Waals surface area contributed by atoms with E-state index < -0.39 is 0 Å². The molecule has 2 nitrogen and oxygen atoms in total. The summed E-state index contributed by atoms with van der Waals surface area (Å²) in [5.74, 6) is 0.915. The normalized spacial score (nSPS) is 14.1. The van der Waals surface area contributed by atoms with E-state index in [0.717, 1.165) is 12.3 Å². The molecule has 0 aromatic carbocycles. The number of hydrogen-bond donors (Lipinski definition) is 0. The smallest absolute Gasteiger partial charge is 0.0598 e. The lowest BCUT2D eigenvalue weighted by Gasteiger charge is -2.26. The maximum Gasteiger partial charge on any atom is 0.0598 e. The fourth-order valence-corrected chi connectivity index (χ4v) is 1.55. The number of ether oxygens (including phenoxy) is 1. The molecule has 1 aromatic heterocycles. The fourth-order valence-electron chi connectivity index (χ4n) is 1.55. The van der Waals surface area contributed by atoms with E-state index in [1.165, 1.54) is 0 Å². The number of aromatic nitrogens is 1. The minimum atomic E-state index is -0.0814. The van der Waals surface area contributed by atoms with Crippen molar-refractivity contribution < 1.29 is 4.74 Å². The van der Waals surface area contributed by atoms with Crippen LogP contribution in [0.25, 0.3) is 0 Å². The molecule has 2 heteroatoms. The van der Waals surface area contributed by atoms with E-state index in [0.29, 0.717) is 11.8 Å². The van der Waals surface area contributed by atoms with Gasteiger partial charge in [-0.2, -0.15) is 0 Å². The highest BCUT2D eigenvalue weighted by molar-refractivity contribution is 5.10. The first-order chi connectivity index (χ1) is 7.40. The topological polar surface area (TPSA) is 22.1 Å². The van der Waals surface area contributed by atoms with Gasteiger partial charge < -0.3 is 4.74 Å².